The van der Waals surface area contributed by atoms with E-state index in [-0.39, 0.29) is 0 Å². The molecule has 2 N–H and O–H groups in total. The van der Waals surface area contributed by atoms with E-state index in [1.165, 1.54) is 12.3 Å². The number of nitrogens with zero attached hydrogens (tertiary/aromatic N) is 2. The van der Waals surface area contributed by atoms with Gasteiger partial charge < -0.3 is 5.73 Å². The number of nitrogen functional groups attached to an aromatic ring is 1. The van der Waals surface area contributed by atoms with Crippen molar-refractivity contribution in [3.8, 4) is 18.4 Å². The number of hydrogen-bond donors (Lipinski definition) is 1. The molecular weight excluding hydrogens is 138 g/mol. The standard InChI is InChI=1S/C8H5N3/c1-2-7-3-8(10)6(4-9)5-11-7/h1,3,5H,(H2,10,11). The second-order valence-corrected chi connectivity index (χ2v) is 1.91. The van der Waals surface area contributed by atoms with E-state index in [2.05, 4.69) is 10.9 Å². The third-order valence-electron chi connectivity index (χ3n) is 1.20. The number of nitriles is 1. The highest BCUT2D eigenvalue weighted by Crippen LogP contribution is 2.08. The van der Waals surface area contributed by atoms with E-state index >= 15 is 0 Å². The molecule has 0 radical (unpaired) electrons. The minimum absolute atomic E-state index is 0.351. The van der Waals surface area contributed by atoms with Crippen molar-refractivity contribution in [3.05, 3.63) is 23.5 Å². The van der Waals surface area contributed by atoms with E-state index in [1.54, 1.807) is 0 Å². The number of nitrogens with two attached hydrogens (primary N) is 1. The summed E-state index contributed by atoms with van der Waals surface area (Å²) in [6.45, 7) is 0. The summed E-state index contributed by atoms with van der Waals surface area (Å²) >= 11 is 0. The Labute approximate surface area is 64.5 Å². The third-order valence-corrected chi connectivity index (χ3v) is 1.20. The predicted octanol–water partition coefficient (Wildman–Crippen LogP) is 0.517. The lowest BCUT2D eigenvalue weighted by Crippen LogP contribution is -1.93. The summed E-state index contributed by atoms with van der Waals surface area (Å²) < 4.78 is 0. The zero-order valence-electron chi connectivity index (χ0n) is 5.70. The number of aromatic nitrogens is 1. The Balaban J connectivity index is 3.25. The highest BCUT2D eigenvalue weighted by Gasteiger charge is 1.97. The van der Waals surface area contributed by atoms with Crippen LogP contribution in [0.1, 0.15) is 11.3 Å². The molecule has 1 aromatic heterocycles. The molecule has 1 rings (SSSR count). The number of pyridine rings is 1. The first-order valence-corrected chi connectivity index (χ1v) is 2.90. The van der Waals surface area contributed by atoms with Gasteiger partial charge in [0.15, 0.2) is 0 Å². The predicted molar refractivity (Wildman–Crippen MR) is 41.3 cm³/mol. The maximum atomic E-state index is 8.46. The minimum atomic E-state index is 0.351. The summed E-state index contributed by atoms with van der Waals surface area (Å²) in [7, 11) is 0. The molecule has 0 atom stereocenters. The molecule has 0 fully saturated rings. The minimum Gasteiger partial charge on any atom is -0.398 e. The Morgan fingerprint density at radius 3 is 2.82 bits per heavy atom. The monoisotopic (exact) mass is 143 g/mol. The van der Waals surface area contributed by atoms with Gasteiger partial charge in [0, 0.05) is 6.20 Å². The molecule has 0 bridgehead atoms. The van der Waals surface area contributed by atoms with Crippen LogP contribution in [0.2, 0.25) is 0 Å². The average Bonchev–Trinajstić information content (AvgIpc) is 2.04. The van der Waals surface area contributed by atoms with Crippen molar-refractivity contribution < 1.29 is 0 Å². The van der Waals surface area contributed by atoms with E-state index < -0.39 is 0 Å². The maximum Gasteiger partial charge on any atom is 0.114 e. The van der Waals surface area contributed by atoms with Crippen molar-refractivity contribution in [1.82, 2.24) is 4.98 Å². The van der Waals surface area contributed by atoms with E-state index in [1.807, 2.05) is 6.07 Å². The summed E-state index contributed by atoms with van der Waals surface area (Å²) in [6.07, 6.45) is 6.42. The van der Waals surface area contributed by atoms with Crippen molar-refractivity contribution in [2.75, 3.05) is 5.73 Å². The lowest BCUT2D eigenvalue weighted by Gasteiger charge is -1.95. The maximum absolute atomic E-state index is 8.46. The highest BCUT2D eigenvalue weighted by atomic mass is 14.7. The fourth-order valence-electron chi connectivity index (χ4n) is 0.643. The van der Waals surface area contributed by atoms with Crippen LogP contribution in [0.5, 0.6) is 0 Å². The van der Waals surface area contributed by atoms with Crippen molar-refractivity contribution >= 4 is 5.69 Å². The zero-order chi connectivity index (χ0) is 8.27. The first kappa shape index (κ1) is 7.11. The van der Waals surface area contributed by atoms with Crippen LogP contribution in [0.25, 0.3) is 0 Å². The van der Waals surface area contributed by atoms with Gasteiger partial charge in [-0.25, -0.2) is 4.98 Å². The second-order valence-electron chi connectivity index (χ2n) is 1.91. The molecule has 0 unspecified atom stereocenters. The van der Waals surface area contributed by atoms with Crippen LogP contribution in [-0.4, -0.2) is 4.98 Å². The molecule has 3 heteroatoms. The fraction of sp³-hybridized carbons (Fsp3) is 0. The van der Waals surface area contributed by atoms with Crippen molar-refractivity contribution in [2.45, 2.75) is 0 Å². The lowest BCUT2D eigenvalue weighted by atomic mass is 10.2. The summed E-state index contributed by atoms with van der Waals surface area (Å²) in [6, 6.07) is 3.39. The van der Waals surface area contributed by atoms with Crippen LogP contribution in [0.4, 0.5) is 5.69 Å². The average molecular weight is 143 g/mol. The largest absolute Gasteiger partial charge is 0.398 e. The van der Waals surface area contributed by atoms with Gasteiger partial charge in [0.1, 0.15) is 11.8 Å². The molecular formula is C8H5N3. The number of anilines is 1. The van der Waals surface area contributed by atoms with Crippen molar-refractivity contribution in [2.24, 2.45) is 0 Å². The molecule has 0 aliphatic rings. The molecule has 1 heterocycles. The molecule has 1 aromatic rings. The van der Waals surface area contributed by atoms with Gasteiger partial charge in [-0.3, -0.25) is 0 Å². The third kappa shape index (κ3) is 1.28. The fourth-order valence-corrected chi connectivity index (χ4v) is 0.643. The van der Waals surface area contributed by atoms with Crippen LogP contribution in [0.3, 0.4) is 0 Å². The smallest absolute Gasteiger partial charge is 0.114 e. The van der Waals surface area contributed by atoms with Crippen molar-refractivity contribution in [3.63, 3.8) is 0 Å². The number of terminal acetylenes is 1. The summed E-state index contributed by atoms with van der Waals surface area (Å²) in [5.41, 5.74) is 6.62. The van der Waals surface area contributed by atoms with Crippen LogP contribution in [-0.2, 0) is 0 Å². The van der Waals surface area contributed by atoms with E-state index in [9.17, 15) is 0 Å². The van der Waals surface area contributed by atoms with E-state index in [4.69, 9.17) is 17.4 Å². The van der Waals surface area contributed by atoms with Crippen LogP contribution < -0.4 is 5.73 Å². The Morgan fingerprint density at radius 2 is 2.36 bits per heavy atom. The van der Waals surface area contributed by atoms with Gasteiger partial charge in [0.2, 0.25) is 0 Å². The Hall–Kier alpha value is -2.00. The van der Waals surface area contributed by atoms with Gasteiger partial charge in [-0.15, -0.1) is 6.42 Å². The molecule has 52 valence electrons. The van der Waals surface area contributed by atoms with Crippen LogP contribution >= 0.6 is 0 Å². The SMILES string of the molecule is C#Cc1cc(N)c(C#N)cn1. The first-order valence-electron chi connectivity index (χ1n) is 2.90. The van der Waals surface area contributed by atoms with Gasteiger partial charge in [-0.2, -0.15) is 5.26 Å². The topological polar surface area (TPSA) is 62.7 Å². The lowest BCUT2D eigenvalue weighted by molar-refractivity contribution is 1.27. The molecule has 11 heavy (non-hydrogen) atoms. The van der Waals surface area contributed by atoms with Gasteiger partial charge in [0.25, 0.3) is 0 Å². The quantitative estimate of drug-likeness (QED) is 0.538. The van der Waals surface area contributed by atoms with Gasteiger partial charge in [-0.1, -0.05) is 5.92 Å². The van der Waals surface area contributed by atoms with Gasteiger partial charge in [0.05, 0.1) is 11.3 Å². The Morgan fingerprint density at radius 1 is 1.64 bits per heavy atom. The normalized spacial score (nSPS) is 8.18. The first-order chi connectivity index (χ1) is 5.27. The molecule has 0 amide bonds. The number of hydrogen-bond acceptors (Lipinski definition) is 3. The molecule has 3 nitrogen and oxygen atoms in total. The molecule has 0 aromatic carbocycles. The summed E-state index contributed by atoms with van der Waals surface area (Å²) in [4.78, 5) is 3.79. The highest BCUT2D eigenvalue weighted by molar-refractivity contribution is 5.54. The van der Waals surface area contributed by atoms with Crippen molar-refractivity contribution in [1.29, 1.82) is 5.26 Å². The van der Waals surface area contributed by atoms with E-state index in [0.717, 1.165) is 0 Å². The van der Waals surface area contributed by atoms with Crippen LogP contribution in [0.15, 0.2) is 12.3 Å². The van der Waals surface area contributed by atoms with Crippen LogP contribution in [0, 0.1) is 23.7 Å². The molecule has 0 spiro atoms. The molecule has 0 aliphatic heterocycles. The molecule has 0 saturated heterocycles. The summed E-state index contributed by atoms with van der Waals surface area (Å²) in [5.74, 6) is 2.32. The number of rotatable bonds is 0. The summed E-state index contributed by atoms with van der Waals surface area (Å²) in [5, 5.41) is 8.46. The Kier molecular flexibility index (Phi) is 1.76. The zero-order valence-corrected chi connectivity index (χ0v) is 5.70. The second kappa shape index (κ2) is 2.72. The van der Waals surface area contributed by atoms with Gasteiger partial charge >= 0.3 is 0 Å². The Bertz CT molecular complexity index is 355. The molecule has 0 aliphatic carbocycles. The van der Waals surface area contributed by atoms with Gasteiger partial charge in [-0.05, 0) is 6.07 Å². The molecule has 0 saturated carbocycles. The van der Waals surface area contributed by atoms with E-state index in [0.29, 0.717) is 16.9 Å².